The average Bonchev–Trinajstić information content (AvgIpc) is 2.81. The van der Waals surface area contributed by atoms with E-state index in [1.54, 1.807) is 11.8 Å². The van der Waals surface area contributed by atoms with Gasteiger partial charge >= 0.3 is 0 Å². The number of aliphatic imine (C=N–C) groups is 1. The van der Waals surface area contributed by atoms with Gasteiger partial charge in [-0.25, -0.2) is 0 Å². The molecule has 0 aromatic heterocycles. The Labute approximate surface area is 106 Å². The topological polar surface area (TPSA) is 15.6 Å². The number of hydrogen-bond donors (Lipinski definition) is 0. The standard InChI is InChI=1S/C12H14N2S2/c1-10-2-4-11(5-3-10)8-16-12(15)14-7-6-13-9-14/h2-5,9H,6-8H2,1H3. The highest BCUT2D eigenvalue weighted by Gasteiger charge is 2.11. The van der Waals surface area contributed by atoms with Gasteiger partial charge in [-0.3, -0.25) is 4.99 Å². The first-order valence-corrected chi connectivity index (χ1v) is 6.64. The maximum Gasteiger partial charge on any atom is 0.141 e. The summed E-state index contributed by atoms with van der Waals surface area (Å²) < 4.78 is 0.918. The van der Waals surface area contributed by atoms with Crippen LogP contribution in [0.5, 0.6) is 0 Å². The molecular formula is C12H14N2S2. The van der Waals surface area contributed by atoms with Crippen molar-refractivity contribution in [2.24, 2.45) is 4.99 Å². The molecule has 0 unspecified atom stereocenters. The largest absolute Gasteiger partial charge is 0.317 e. The highest BCUT2D eigenvalue weighted by Crippen LogP contribution is 2.17. The summed E-state index contributed by atoms with van der Waals surface area (Å²) in [4.78, 5) is 6.19. The fourth-order valence-corrected chi connectivity index (χ4v) is 2.53. The summed E-state index contributed by atoms with van der Waals surface area (Å²) in [5.41, 5.74) is 2.61. The van der Waals surface area contributed by atoms with Crippen molar-refractivity contribution in [3.05, 3.63) is 35.4 Å². The van der Waals surface area contributed by atoms with E-state index in [-0.39, 0.29) is 0 Å². The van der Waals surface area contributed by atoms with Crippen LogP contribution in [0, 0.1) is 6.92 Å². The van der Waals surface area contributed by atoms with Gasteiger partial charge in [0.1, 0.15) is 4.32 Å². The Bertz CT molecular complexity index is 398. The molecule has 0 aliphatic carbocycles. The molecule has 0 saturated carbocycles. The fourth-order valence-electron chi connectivity index (χ4n) is 1.43. The SMILES string of the molecule is Cc1ccc(CSC(=S)N2C=NCC2)cc1. The summed E-state index contributed by atoms with van der Waals surface area (Å²) in [6, 6.07) is 8.58. The second kappa shape index (κ2) is 5.46. The number of thioether (sulfide) groups is 1. The van der Waals surface area contributed by atoms with Crippen LogP contribution in [0.3, 0.4) is 0 Å². The fraction of sp³-hybridized carbons (Fsp3) is 0.333. The Balaban J connectivity index is 1.85. The molecule has 0 fully saturated rings. The molecule has 1 aromatic carbocycles. The van der Waals surface area contributed by atoms with Crippen molar-refractivity contribution in [1.82, 2.24) is 4.90 Å². The summed E-state index contributed by atoms with van der Waals surface area (Å²) >= 11 is 7.04. The van der Waals surface area contributed by atoms with E-state index in [1.165, 1.54) is 11.1 Å². The number of thiocarbonyl (C=S) groups is 1. The first-order chi connectivity index (χ1) is 7.75. The van der Waals surface area contributed by atoms with E-state index in [0.29, 0.717) is 0 Å². The average molecular weight is 250 g/mol. The zero-order valence-corrected chi connectivity index (χ0v) is 10.9. The van der Waals surface area contributed by atoms with E-state index in [2.05, 4.69) is 36.2 Å². The third kappa shape index (κ3) is 3.06. The van der Waals surface area contributed by atoms with E-state index in [9.17, 15) is 0 Å². The Morgan fingerprint density at radius 2 is 2.19 bits per heavy atom. The van der Waals surface area contributed by atoms with Gasteiger partial charge in [0.2, 0.25) is 0 Å². The summed E-state index contributed by atoms with van der Waals surface area (Å²) in [6.45, 7) is 3.90. The molecular weight excluding hydrogens is 236 g/mol. The molecule has 1 heterocycles. The first kappa shape index (κ1) is 11.6. The van der Waals surface area contributed by atoms with E-state index in [1.807, 2.05) is 11.2 Å². The lowest BCUT2D eigenvalue weighted by Gasteiger charge is -2.13. The number of aryl methyl sites for hydroxylation is 1. The van der Waals surface area contributed by atoms with Gasteiger partial charge in [0.05, 0.1) is 12.9 Å². The number of hydrogen-bond acceptors (Lipinski definition) is 3. The van der Waals surface area contributed by atoms with E-state index in [0.717, 1.165) is 23.2 Å². The van der Waals surface area contributed by atoms with Crippen molar-refractivity contribution >= 4 is 34.6 Å². The highest BCUT2D eigenvalue weighted by atomic mass is 32.2. The van der Waals surface area contributed by atoms with Crippen LogP contribution in [0.1, 0.15) is 11.1 Å². The van der Waals surface area contributed by atoms with E-state index < -0.39 is 0 Å². The van der Waals surface area contributed by atoms with E-state index >= 15 is 0 Å². The van der Waals surface area contributed by atoms with Crippen molar-refractivity contribution in [3.63, 3.8) is 0 Å². The molecule has 0 amide bonds. The minimum Gasteiger partial charge on any atom is -0.317 e. The third-order valence-corrected chi connectivity index (χ3v) is 3.96. The molecule has 0 radical (unpaired) electrons. The van der Waals surface area contributed by atoms with Crippen LogP contribution in [-0.2, 0) is 5.75 Å². The summed E-state index contributed by atoms with van der Waals surface area (Å²) in [5.74, 6) is 0.934. The van der Waals surface area contributed by atoms with Crippen LogP contribution in [0.4, 0.5) is 0 Å². The van der Waals surface area contributed by atoms with Gasteiger partial charge in [-0.05, 0) is 12.5 Å². The van der Waals surface area contributed by atoms with Crippen LogP contribution in [-0.4, -0.2) is 28.6 Å². The molecule has 1 aliphatic heterocycles. The van der Waals surface area contributed by atoms with Gasteiger partial charge in [-0.1, -0.05) is 53.8 Å². The van der Waals surface area contributed by atoms with Crippen LogP contribution in [0.25, 0.3) is 0 Å². The van der Waals surface area contributed by atoms with Gasteiger partial charge in [-0.2, -0.15) is 0 Å². The van der Waals surface area contributed by atoms with Crippen LogP contribution in [0.2, 0.25) is 0 Å². The van der Waals surface area contributed by atoms with Crippen LogP contribution < -0.4 is 0 Å². The Kier molecular flexibility index (Phi) is 3.96. The summed E-state index contributed by atoms with van der Waals surface area (Å²) in [6.07, 6.45) is 1.84. The smallest absolute Gasteiger partial charge is 0.141 e. The van der Waals surface area contributed by atoms with Crippen molar-refractivity contribution in [3.8, 4) is 0 Å². The minimum absolute atomic E-state index is 0.866. The van der Waals surface area contributed by atoms with Gasteiger partial charge < -0.3 is 4.90 Å². The molecule has 1 aliphatic rings. The first-order valence-electron chi connectivity index (χ1n) is 5.24. The molecule has 0 atom stereocenters. The normalized spacial score (nSPS) is 14.4. The maximum absolute atomic E-state index is 5.34. The number of benzene rings is 1. The highest BCUT2D eigenvalue weighted by molar-refractivity contribution is 8.22. The molecule has 0 bridgehead atoms. The zero-order chi connectivity index (χ0) is 11.4. The second-order valence-corrected chi connectivity index (χ2v) is 5.36. The van der Waals surface area contributed by atoms with Crippen molar-refractivity contribution in [2.45, 2.75) is 12.7 Å². The lowest BCUT2D eigenvalue weighted by atomic mass is 10.2. The Morgan fingerprint density at radius 1 is 1.44 bits per heavy atom. The minimum atomic E-state index is 0.866. The molecule has 2 rings (SSSR count). The van der Waals surface area contributed by atoms with E-state index in [4.69, 9.17) is 12.2 Å². The quantitative estimate of drug-likeness (QED) is 0.751. The molecule has 84 valence electrons. The molecule has 0 spiro atoms. The number of rotatable bonds is 2. The van der Waals surface area contributed by atoms with Gasteiger partial charge in [0.25, 0.3) is 0 Å². The second-order valence-electron chi connectivity index (χ2n) is 3.76. The van der Waals surface area contributed by atoms with Gasteiger partial charge in [0.15, 0.2) is 0 Å². The predicted octanol–water partition coefficient (Wildman–Crippen LogP) is 2.86. The van der Waals surface area contributed by atoms with Gasteiger partial charge in [-0.15, -0.1) is 0 Å². The lowest BCUT2D eigenvalue weighted by molar-refractivity contribution is 0.701. The maximum atomic E-state index is 5.34. The summed E-state index contributed by atoms with van der Waals surface area (Å²) in [5, 5.41) is 0. The third-order valence-electron chi connectivity index (χ3n) is 2.41. The number of nitrogens with zero attached hydrogens (tertiary/aromatic N) is 2. The zero-order valence-electron chi connectivity index (χ0n) is 9.22. The molecule has 2 nitrogen and oxygen atoms in total. The molecule has 0 N–H and O–H groups in total. The van der Waals surface area contributed by atoms with Crippen LogP contribution >= 0.6 is 24.0 Å². The Hall–Kier alpha value is -0.870. The van der Waals surface area contributed by atoms with Crippen molar-refractivity contribution < 1.29 is 0 Å². The predicted molar refractivity (Wildman–Crippen MR) is 75.1 cm³/mol. The van der Waals surface area contributed by atoms with Crippen LogP contribution in [0.15, 0.2) is 29.3 Å². The molecule has 16 heavy (non-hydrogen) atoms. The summed E-state index contributed by atoms with van der Waals surface area (Å²) in [7, 11) is 0. The van der Waals surface area contributed by atoms with Gasteiger partial charge in [0, 0.05) is 12.3 Å². The molecule has 0 saturated heterocycles. The lowest BCUT2D eigenvalue weighted by Crippen LogP contribution is -2.23. The van der Waals surface area contributed by atoms with Crippen molar-refractivity contribution in [2.75, 3.05) is 13.1 Å². The molecule has 4 heteroatoms. The molecule has 1 aromatic rings. The van der Waals surface area contributed by atoms with Crippen molar-refractivity contribution in [1.29, 1.82) is 0 Å². The Morgan fingerprint density at radius 3 is 2.81 bits per heavy atom. The monoisotopic (exact) mass is 250 g/mol.